The monoisotopic (exact) mass is 143 g/mol. The molecule has 0 heterocycles. The topological polar surface area (TPSA) is 52.3 Å². The van der Waals surface area contributed by atoms with E-state index in [0.717, 1.165) is 6.42 Å². The second-order valence-corrected chi connectivity index (χ2v) is 2.59. The molecule has 1 aliphatic carbocycles. The van der Waals surface area contributed by atoms with Crippen molar-refractivity contribution in [2.75, 3.05) is 13.2 Å². The van der Waals surface area contributed by atoms with Gasteiger partial charge in [0.25, 0.3) is 0 Å². The summed E-state index contributed by atoms with van der Waals surface area (Å²) in [6.07, 6.45) is 0.926. The molecule has 0 bridgehead atoms. The van der Waals surface area contributed by atoms with E-state index in [-0.39, 0.29) is 11.9 Å². The van der Waals surface area contributed by atoms with Crippen LogP contribution in [-0.4, -0.2) is 19.1 Å². The molecule has 0 aromatic rings. The fourth-order valence-electron chi connectivity index (χ4n) is 1.05. The van der Waals surface area contributed by atoms with Crippen LogP contribution in [0.25, 0.3) is 0 Å². The van der Waals surface area contributed by atoms with Crippen LogP contribution in [0.2, 0.25) is 0 Å². The molecule has 1 aliphatic rings. The summed E-state index contributed by atoms with van der Waals surface area (Å²) in [6.45, 7) is 2.91. The molecule has 10 heavy (non-hydrogen) atoms. The van der Waals surface area contributed by atoms with E-state index in [2.05, 4.69) is 0 Å². The van der Waals surface area contributed by atoms with Gasteiger partial charge in [0.15, 0.2) is 0 Å². The molecule has 1 saturated carbocycles. The van der Waals surface area contributed by atoms with E-state index in [0.29, 0.717) is 19.1 Å². The summed E-state index contributed by atoms with van der Waals surface area (Å²) in [4.78, 5) is 10.9. The second kappa shape index (κ2) is 3.01. The van der Waals surface area contributed by atoms with Crippen LogP contribution in [-0.2, 0) is 9.53 Å². The number of rotatable bonds is 3. The van der Waals surface area contributed by atoms with E-state index < -0.39 is 0 Å². The van der Waals surface area contributed by atoms with E-state index in [1.165, 1.54) is 0 Å². The predicted octanol–water partition coefficient (Wildman–Crippen LogP) is 0.144. The quantitative estimate of drug-likeness (QED) is 0.572. The molecule has 3 heteroatoms. The molecular formula is C7H13NO2. The molecule has 2 N–H and O–H groups in total. The lowest BCUT2D eigenvalue weighted by Gasteiger charge is -1.97. The highest BCUT2D eigenvalue weighted by Gasteiger charge is 2.42. The average Bonchev–Trinajstić information content (AvgIpc) is 2.66. The van der Waals surface area contributed by atoms with Crippen molar-refractivity contribution in [2.45, 2.75) is 13.3 Å². The zero-order valence-electron chi connectivity index (χ0n) is 6.17. The summed E-state index contributed by atoms with van der Waals surface area (Å²) in [5.41, 5.74) is 5.35. The lowest BCUT2D eigenvalue weighted by molar-refractivity contribution is -0.145. The SMILES string of the molecule is CCOC(=O)[C@H]1C[C@H]1CN. The first-order valence-corrected chi connectivity index (χ1v) is 3.66. The Bertz CT molecular complexity index is 136. The maximum absolute atomic E-state index is 10.9. The number of ether oxygens (including phenoxy) is 1. The lowest BCUT2D eigenvalue weighted by atomic mass is 10.3. The molecule has 0 saturated heterocycles. The average molecular weight is 143 g/mol. The first kappa shape index (κ1) is 7.54. The van der Waals surface area contributed by atoms with Crippen molar-refractivity contribution in [3.8, 4) is 0 Å². The molecule has 1 fully saturated rings. The van der Waals surface area contributed by atoms with Crippen molar-refractivity contribution in [1.82, 2.24) is 0 Å². The number of carbonyl (C=O) groups is 1. The highest BCUT2D eigenvalue weighted by molar-refractivity contribution is 5.75. The van der Waals surface area contributed by atoms with E-state index in [4.69, 9.17) is 10.5 Å². The van der Waals surface area contributed by atoms with Crippen LogP contribution in [0.15, 0.2) is 0 Å². The first-order chi connectivity index (χ1) is 4.79. The Hall–Kier alpha value is -0.570. The van der Waals surface area contributed by atoms with Crippen LogP contribution in [0, 0.1) is 11.8 Å². The Morgan fingerprint density at radius 3 is 2.90 bits per heavy atom. The van der Waals surface area contributed by atoms with Crippen molar-refractivity contribution in [3.63, 3.8) is 0 Å². The zero-order chi connectivity index (χ0) is 7.56. The summed E-state index contributed by atoms with van der Waals surface area (Å²) >= 11 is 0. The molecule has 3 nitrogen and oxygen atoms in total. The fourth-order valence-corrected chi connectivity index (χ4v) is 1.05. The minimum atomic E-state index is -0.0713. The Kier molecular flexibility index (Phi) is 2.27. The molecule has 1 rings (SSSR count). The van der Waals surface area contributed by atoms with Gasteiger partial charge in [-0.15, -0.1) is 0 Å². The van der Waals surface area contributed by atoms with Crippen LogP contribution < -0.4 is 5.73 Å². The molecule has 0 radical (unpaired) electrons. The molecule has 0 spiro atoms. The van der Waals surface area contributed by atoms with Gasteiger partial charge in [-0.3, -0.25) is 4.79 Å². The normalized spacial score (nSPS) is 29.8. The van der Waals surface area contributed by atoms with Crippen molar-refractivity contribution in [2.24, 2.45) is 17.6 Å². The van der Waals surface area contributed by atoms with Gasteiger partial charge >= 0.3 is 5.97 Å². The highest BCUT2D eigenvalue weighted by atomic mass is 16.5. The fraction of sp³-hybridized carbons (Fsp3) is 0.857. The summed E-state index contributed by atoms with van der Waals surface area (Å²) < 4.78 is 4.80. The minimum absolute atomic E-state index is 0.0713. The highest BCUT2D eigenvalue weighted by Crippen LogP contribution is 2.38. The lowest BCUT2D eigenvalue weighted by Crippen LogP contribution is -2.11. The van der Waals surface area contributed by atoms with Gasteiger partial charge in [-0.05, 0) is 25.8 Å². The van der Waals surface area contributed by atoms with E-state index in [9.17, 15) is 4.79 Å². The van der Waals surface area contributed by atoms with Gasteiger partial charge in [0, 0.05) is 0 Å². The summed E-state index contributed by atoms with van der Waals surface area (Å²) in [5.74, 6) is 0.446. The Morgan fingerprint density at radius 1 is 1.80 bits per heavy atom. The Labute approximate surface area is 60.5 Å². The van der Waals surface area contributed by atoms with Crippen LogP contribution in [0.5, 0.6) is 0 Å². The first-order valence-electron chi connectivity index (χ1n) is 3.66. The third kappa shape index (κ3) is 1.48. The second-order valence-electron chi connectivity index (χ2n) is 2.59. The van der Waals surface area contributed by atoms with Crippen molar-refractivity contribution in [1.29, 1.82) is 0 Å². The van der Waals surface area contributed by atoms with Gasteiger partial charge in [0.1, 0.15) is 0 Å². The smallest absolute Gasteiger partial charge is 0.309 e. The molecule has 0 unspecified atom stereocenters. The summed E-state index contributed by atoms with van der Waals surface area (Å²) in [6, 6.07) is 0. The van der Waals surface area contributed by atoms with Gasteiger partial charge in [0.2, 0.25) is 0 Å². The molecular weight excluding hydrogens is 130 g/mol. The third-order valence-corrected chi connectivity index (χ3v) is 1.81. The number of hydrogen-bond donors (Lipinski definition) is 1. The number of hydrogen-bond acceptors (Lipinski definition) is 3. The van der Waals surface area contributed by atoms with Crippen LogP contribution in [0.3, 0.4) is 0 Å². The van der Waals surface area contributed by atoms with E-state index in [1.54, 1.807) is 0 Å². The third-order valence-electron chi connectivity index (χ3n) is 1.81. The van der Waals surface area contributed by atoms with Crippen molar-refractivity contribution >= 4 is 5.97 Å². The largest absolute Gasteiger partial charge is 0.466 e. The van der Waals surface area contributed by atoms with Crippen molar-refractivity contribution < 1.29 is 9.53 Å². The zero-order valence-corrected chi connectivity index (χ0v) is 6.17. The number of nitrogens with two attached hydrogens (primary N) is 1. The molecule has 58 valence electrons. The Balaban J connectivity index is 2.19. The van der Waals surface area contributed by atoms with Crippen LogP contribution >= 0.6 is 0 Å². The predicted molar refractivity (Wildman–Crippen MR) is 37.3 cm³/mol. The van der Waals surface area contributed by atoms with Crippen molar-refractivity contribution in [3.05, 3.63) is 0 Å². The summed E-state index contributed by atoms with van der Waals surface area (Å²) in [7, 11) is 0. The van der Waals surface area contributed by atoms with E-state index in [1.807, 2.05) is 6.92 Å². The van der Waals surface area contributed by atoms with Gasteiger partial charge in [0.05, 0.1) is 12.5 Å². The molecule has 2 atom stereocenters. The molecule has 0 aromatic carbocycles. The Morgan fingerprint density at radius 2 is 2.50 bits per heavy atom. The maximum Gasteiger partial charge on any atom is 0.309 e. The van der Waals surface area contributed by atoms with Gasteiger partial charge in [-0.1, -0.05) is 0 Å². The van der Waals surface area contributed by atoms with Crippen LogP contribution in [0.1, 0.15) is 13.3 Å². The van der Waals surface area contributed by atoms with Gasteiger partial charge in [-0.2, -0.15) is 0 Å². The van der Waals surface area contributed by atoms with Gasteiger partial charge in [-0.25, -0.2) is 0 Å². The summed E-state index contributed by atoms with van der Waals surface area (Å²) in [5, 5.41) is 0. The van der Waals surface area contributed by atoms with E-state index >= 15 is 0 Å². The number of carbonyl (C=O) groups excluding carboxylic acids is 1. The van der Waals surface area contributed by atoms with Gasteiger partial charge < -0.3 is 10.5 Å². The number of esters is 1. The van der Waals surface area contributed by atoms with Crippen LogP contribution in [0.4, 0.5) is 0 Å². The molecule has 0 aromatic heterocycles. The maximum atomic E-state index is 10.9. The minimum Gasteiger partial charge on any atom is -0.466 e. The molecule has 0 amide bonds. The molecule has 0 aliphatic heterocycles. The standard InChI is InChI=1S/C7H13NO2/c1-2-10-7(9)6-3-5(6)4-8/h5-6H,2-4,8H2,1H3/t5-,6-/m0/s1.